The summed E-state index contributed by atoms with van der Waals surface area (Å²) in [6.45, 7) is 0. The Hall–Kier alpha value is -5.22. The fourth-order valence-electron chi connectivity index (χ4n) is 5.45. The minimum atomic E-state index is 0.704. The van der Waals surface area contributed by atoms with Crippen molar-refractivity contribution >= 4 is 21.8 Å². The monoisotopic (exact) mass is 487 g/mol. The lowest BCUT2D eigenvalue weighted by Crippen LogP contribution is -2.03. The number of benzene rings is 5. The van der Waals surface area contributed by atoms with E-state index in [1.807, 2.05) is 54.6 Å². The lowest BCUT2D eigenvalue weighted by molar-refractivity contribution is 0.476. The molecule has 38 heavy (non-hydrogen) atoms. The summed E-state index contributed by atoms with van der Waals surface area (Å²) in [6, 6.07) is 43.6. The molecule has 3 heterocycles. The van der Waals surface area contributed by atoms with Gasteiger partial charge in [0.1, 0.15) is 0 Å². The number of ether oxygens (including phenoxy) is 1. The molecule has 0 amide bonds. The van der Waals surface area contributed by atoms with Crippen molar-refractivity contribution in [3.05, 3.63) is 127 Å². The zero-order valence-electron chi connectivity index (χ0n) is 20.4. The van der Waals surface area contributed by atoms with E-state index < -0.39 is 0 Å². The highest BCUT2D eigenvalue weighted by atomic mass is 16.5. The molecule has 0 saturated heterocycles. The molecule has 8 rings (SSSR count). The van der Waals surface area contributed by atoms with E-state index >= 15 is 0 Å². The maximum atomic E-state index is 6.28. The van der Waals surface area contributed by atoms with Gasteiger partial charge in [-0.1, -0.05) is 84.9 Å². The van der Waals surface area contributed by atoms with Gasteiger partial charge in [0.05, 0.1) is 28.1 Å². The number of aromatic nitrogens is 3. The maximum Gasteiger partial charge on any atom is 0.160 e. The standard InChI is InChI=1S/C34H21N3O/c1-3-10-22(11-4-1)27-21-28(23-12-5-2-6-13-23)36-34(35-27)24-18-19-29-26(20-24)25-14-9-17-32-33(25)37(29)30-15-7-8-16-31(30)38-32/h1-21H. The molecule has 0 unspecified atom stereocenters. The molecule has 7 aromatic rings. The van der Waals surface area contributed by atoms with Gasteiger partial charge in [-0.3, -0.25) is 0 Å². The van der Waals surface area contributed by atoms with Crippen molar-refractivity contribution in [2.45, 2.75) is 0 Å². The second-order valence-electron chi connectivity index (χ2n) is 9.48. The summed E-state index contributed by atoms with van der Waals surface area (Å²) >= 11 is 0. The maximum absolute atomic E-state index is 6.28. The summed E-state index contributed by atoms with van der Waals surface area (Å²) in [5.41, 5.74) is 8.18. The van der Waals surface area contributed by atoms with Crippen LogP contribution in [0.2, 0.25) is 0 Å². The van der Waals surface area contributed by atoms with Gasteiger partial charge in [-0.15, -0.1) is 0 Å². The van der Waals surface area contributed by atoms with E-state index in [4.69, 9.17) is 14.7 Å². The highest BCUT2D eigenvalue weighted by molar-refractivity contribution is 6.13. The van der Waals surface area contributed by atoms with Gasteiger partial charge < -0.3 is 9.30 Å². The number of hydrogen-bond donors (Lipinski definition) is 0. The topological polar surface area (TPSA) is 39.9 Å². The summed E-state index contributed by atoms with van der Waals surface area (Å²) in [5, 5.41) is 2.30. The smallest absolute Gasteiger partial charge is 0.160 e. The normalized spacial score (nSPS) is 11.9. The first-order chi connectivity index (χ1) is 18.8. The van der Waals surface area contributed by atoms with Gasteiger partial charge in [0.25, 0.3) is 0 Å². The van der Waals surface area contributed by atoms with Crippen LogP contribution in [-0.2, 0) is 0 Å². The Morgan fingerprint density at radius 1 is 0.500 bits per heavy atom. The van der Waals surface area contributed by atoms with Crippen LogP contribution >= 0.6 is 0 Å². The Morgan fingerprint density at radius 2 is 1.16 bits per heavy atom. The molecule has 178 valence electrons. The Morgan fingerprint density at radius 3 is 1.89 bits per heavy atom. The van der Waals surface area contributed by atoms with Crippen molar-refractivity contribution in [1.29, 1.82) is 0 Å². The SMILES string of the molecule is c1ccc(-c2cc(-c3ccccc3)nc(-c3ccc4c(c3)c3cccc5c3n4-c3ccccc3O5)n2)cc1. The molecule has 1 aliphatic rings. The fourth-order valence-corrected chi connectivity index (χ4v) is 5.45. The van der Waals surface area contributed by atoms with Crippen LogP contribution in [-0.4, -0.2) is 14.5 Å². The van der Waals surface area contributed by atoms with E-state index in [1.54, 1.807) is 0 Å². The van der Waals surface area contributed by atoms with E-state index in [2.05, 4.69) is 77.4 Å². The molecule has 4 nitrogen and oxygen atoms in total. The average molecular weight is 488 g/mol. The largest absolute Gasteiger partial charge is 0.453 e. The van der Waals surface area contributed by atoms with E-state index in [1.165, 1.54) is 0 Å². The number of para-hydroxylation sites is 3. The molecular formula is C34H21N3O. The van der Waals surface area contributed by atoms with E-state index in [9.17, 15) is 0 Å². The van der Waals surface area contributed by atoms with Crippen molar-refractivity contribution in [3.63, 3.8) is 0 Å². The lowest BCUT2D eigenvalue weighted by atomic mass is 10.1. The predicted molar refractivity (Wildman–Crippen MR) is 153 cm³/mol. The molecule has 0 N–H and O–H groups in total. The van der Waals surface area contributed by atoms with Crippen molar-refractivity contribution in [2.24, 2.45) is 0 Å². The molecule has 0 atom stereocenters. The number of rotatable bonds is 3. The molecule has 0 spiro atoms. The van der Waals surface area contributed by atoms with Crippen molar-refractivity contribution in [2.75, 3.05) is 0 Å². The quantitative estimate of drug-likeness (QED) is 0.250. The molecule has 0 radical (unpaired) electrons. The third-order valence-electron chi connectivity index (χ3n) is 7.20. The van der Waals surface area contributed by atoms with E-state index in [0.29, 0.717) is 5.82 Å². The van der Waals surface area contributed by atoms with Gasteiger partial charge in [0.2, 0.25) is 0 Å². The summed E-state index contributed by atoms with van der Waals surface area (Å²) < 4.78 is 8.58. The van der Waals surface area contributed by atoms with Crippen LogP contribution in [0.5, 0.6) is 11.5 Å². The van der Waals surface area contributed by atoms with Crippen LogP contribution in [0, 0.1) is 0 Å². The Labute approximate surface area is 219 Å². The summed E-state index contributed by atoms with van der Waals surface area (Å²) in [4.78, 5) is 10.1. The van der Waals surface area contributed by atoms with Gasteiger partial charge in [0.15, 0.2) is 17.3 Å². The van der Waals surface area contributed by atoms with Crippen LogP contribution in [0.1, 0.15) is 0 Å². The van der Waals surface area contributed by atoms with Gasteiger partial charge in [-0.2, -0.15) is 0 Å². The van der Waals surface area contributed by atoms with Crippen LogP contribution in [0.4, 0.5) is 0 Å². The first-order valence-electron chi connectivity index (χ1n) is 12.7. The zero-order valence-corrected chi connectivity index (χ0v) is 20.4. The van der Waals surface area contributed by atoms with Crippen LogP contribution in [0.3, 0.4) is 0 Å². The summed E-state index contributed by atoms with van der Waals surface area (Å²) in [5.74, 6) is 2.43. The molecule has 4 heteroatoms. The predicted octanol–water partition coefficient (Wildman–Crippen LogP) is 8.68. The van der Waals surface area contributed by atoms with Gasteiger partial charge in [0, 0.05) is 27.5 Å². The highest BCUT2D eigenvalue weighted by Gasteiger charge is 2.23. The molecule has 1 aliphatic heterocycles. The summed E-state index contributed by atoms with van der Waals surface area (Å²) in [7, 11) is 0. The Kier molecular flexibility index (Phi) is 4.49. The Bertz CT molecular complexity index is 1930. The third-order valence-corrected chi connectivity index (χ3v) is 7.20. The highest BCUT2D eigenvalue weighted by Crippen LogP contribution is 2.45. The van der Waals surface area contributed by atoms with Gasteiger partial charge in [-0.25, -0.2) is 9.97 Å². The minimum Gasteiger partial charge on any atom is -0.453 e. The van der Waals surface area contributed by atoms with Gasteiger partial charge in [-0.05, 0) is 42.5 Å². The van der Waals surface area contributed by atoms with Crippen LogP contribution < -0.4 is 4.74 Å². The fraction of sp³-hybridized carbons (Fsp3) is 0. The van der Waals surface area contributed by atoms with Crippen molar-refractivity contribution in [1.82, 2.24) is 14.5 Å². The molecule has 0 fully saturated rings. The second-order valence-corrected chi connectivity index (χ2v) is 9.48. The first kappa shape index (κ1) is 20.9. The molecule has 5 aromatic carbocycles. The third kappa shape index (κ3) is 3.17. The second kappa shape index (κ2) is 8.15. The number of fused-ring (bicyclic) bond motifs is 5. The zero-order chi connectivity index (χ0) is 25.1. The first-order valence-corrected chi connectivity index (χ1v) is 12.7. The molecule has 0 aliphatic carbocycles. The Balaban J connectivity index is 1.38. The van der Waals surface area contributed by atoms with Crippen LogP contribution in [0.25, 0.3) is 61.4 Å². The van der Waals surface area contributed by atoms with Crippen molar-refractivity contribution in [3.8, 4) is 51.1 Å². The minimum absolute atomic E-state index is 0.704. The molecule has 2 aromatic heterocycles. The van der Waals surface area contributed by atoms with Crippen molar-refractivity contribution < 1.29 is 4.74 Å². The number of hydrogen-bond acceptors (Lipinski definition) is 3. The summed E-state index contributed by atoms with van der Waals surface area (Å²) in [6.07, 6.45) is 0. The van der Waals surface area contributed by atoms with Gasteiger partial charge >= 0.3 is 0 Å². The van der Waals surface area contributed by atoms with E-state index in [0.717, 1.165) is 67.1 Å². The van der Waals surface area contributed by atoms with E-state index in [-0.39, 0.29) is 0 Å². The molecule has 0 saturated carbocycles. The molecular weight excluding hydrogens is 466 g/mol. The average Bonchev–Trinajstić information content (AvgIpc) is 3.33. The lowest BCUT2D eigenvalue weighted by Gasteiger charge is -2.20. The number of nitrogens with zero attached hydrogens (tertiary/aromatic N) is 3. The van der Waals surface area contributed by atoms with Crippen LogP contribution in [0.15, 0.2) is 127 Å². The molecule has 0 bridgehead atoms.